The van der Waals surface area contributed by atoms with Crippen molar-refractivity contribution in [1.82, 2.24) is 4.90 Å². The normalized spacial score (nSPS) is 55.3. The van der Waals surface area contributed by atoms with E-state index in [0.717, 1.165) is 25.7 Å². The predicted octanol–water partition coefficient (Wildman–Crippen LogP) is 2.93. The minimum Gasteiger partial charge on any atom is -0.390 e. The fourth-order valence-electron chi connectivity index (χ4n) is 6.68. The van der Waals surface area contributed by atoms with Gasteiger partial charge in [0.25, 0.3) is 0 Å². The molecule has 23 heavy (non-hydrogen) atoms. The molecular formula is C19H28FNO2. The number of hydrogen-bond donors (Lipinski definition) is 1. The van der Waals surface area contributed by atoms with E-state index >= 15 is 0 Å². The Bertz CT molecular complexity index is 564. The molecule has 1 amide bonds. The summed E-state index contributed by atoms with van der Waals surface area (Å²) in [4.78, 5) is 13.9. The summed E-state index contributed by atoms with van der Waals surface area (Å²) in [5, 5.41) is 10.4. The first-order valence-electron chi connectivity index (χ1n) is 9.07. The van der Waals surface area contributed by atoms with E-state index in [4.69, 9.17) is 0 Å². The Balaban J connectivity index is 1.70. The molecular weight excluding hydrogens is 293 g/mol. The van der Waals surface area contributed by atoms with Gasteiger partial charge < -0.3 is 10.0 Å². The number of aliphatic hydroxyl groups is 1. The van der Waals surface area contributed by atoms with Crippen molar-refractivity contribution < 1.29 is 14.3 Å². The van der Waals surface area contributed by atoms with Crippen LogP contribution < -0.4 is 0 Å². The number of nitrogens with zero attached hydrogens (tertiary/aromatic N) is 1. The second-order valence-corrected chi connectivity index (χ2v) is 8.86. The van der Waals surface area contributed by atoms with Crippen molar-refractivity contribution >= 4 is 5.91 Å². The molecule has 4 rings (SSSR count). The van der Waals surface area contributed by atoms with Crippen LogP contribution in [0.1, 0.15) is 46.0 Å². The van der Waals surface area contributed by atoms with Gasteiger partial charge in [-0.2, -0.15) is 0 Å². The highest BCUT2D eigenvalue weighted by Crippen LogP contribution is 2.64. The molecule has 0 saturated heterocycles. The molecule has 0 bridgehead atoms. The maximum Gasteiger partial charge on any atom is 0.246 e. The molecule has 128 valence electrons. The molecule has 4 heteroatoms. The van der Waals surface area contributed by atoms with Crippen molar-refractivity contribution in [1.29, 1.82) is 0 Å². The molecule has 0 radical (unpaired) electrons. The number of carbonyl (C=O) groups excluding carboxylic acids is 1. The number of hydrogen-bond acceptors (Lipinski definition) is 2. The average Bonchev–Trinajstić information content (AvgIpc) is 2.75. The van der Waals surface area contributed by atoms with E-state index in [2.05, 4.69) is 19.9 Å². The van der Waals surface area contributed by atoms with Gasteiger partial charge in [-0.3, -0.25) is 4.79 Å². The molecule has 0 unspecified atom stereocenters. The number of carbonyl (C=O) groups is 1. The Kier molecular flexibility index (Phi) is 3.27. The van der Waals surface area contributed by atoms with Gasteiger partial charge in [-0.25, -0.2) is 4.39 Å². The Morgan fingerprint density at radius 3 is 2.74 bits per heavy atom. The molecule has 1 heterocycles. The number of likely N-dealkylation sites (N-methyl/N-ethyl adjacent to an activating group) is 1. The summed E-state index contributed by atoms with van der Waals surface area (Å²) in [7, 11) is 1.92. The Hall–Kier alpha value is -0.900. The molecule has 0 aromatic carbocycles. The molecule has 1 aliphatic heterocycles. The van der Waals surface area contributed by atoms with Gasteiger partial charge in [-0.1, -0.05) is 19.9 Å². The average molecular weight is 321 g/mol. The summed E-state index contributed by atoms with van der Waals surface area (Å²) in [6.07, 6.45) is 6.48. The van der Waals surface area contributed by atoms with Crippen molar-refractivity contribution in [3.05, 3.63) is 12.2 Å². The topological polar surface area (TPSA) is 40.5 Å². The minimum absolute atomic E-state index is 0.00768. The maximum absolute atomic E-state index is 14.2. The number of rotatable bonds is 0. The van der Waals surface area contributed by atoms with Crippen LogP contribution >= 0.6 is 0 Å². The smallest absolute Gasteiger partial charge is 0.246 e. The van der Waals surface area contributed by atoms with E-state index in [9.17, 15) is 14.3 Å². The monoisotopic (exact) mass is 321 g/mol. The van der Waals surface area contributed by atoms with Gasteiger partial charge in [0.05, 0.1) is 6.10 Å². The summed E-state index contributed by atoms with van der Waals surface area (Å²) in [5.74, 6) is 1.34. The molecule has 8 atom stereocenters. The lowest BCUT2D eigenvalue weighted by Gasteiger charge is -2.59. The van der Waals surface area contributed by atoms with Crippen LogP contribution in [0.2, 0.25) is 0 Å². The highest BCUT2D eigenvalue weighted by molar-refractivity contribution is 5.89. The van der Waals surface area contributed by atoms with Gasteiger partial charge in [-0.15, -0.1) is 0 Å². The first-order valence-corrected chi connectivity index (χ1v) is 9.07. The third-order valence-electron chi connectivity index (χ3n) is 8.06. The van der Waals surface area contributed by atoms with Crippen molar-refractivity contribution in [2.45, 2.75) is 64.3 Å². The Morgan fingerprint density at radius 1 is 1.26 bits per heavy atom. The molecule has 3 aliphatic carbocycles. The van der Waals surface area contributed by atoms with Gasteiger partial charge in [0.15, 0.2) is 0 Å². The van der Waals surface area contributed by atoms with E-state index in [1.165, 1.54) is 0 Å². The number of alkyl halides is 1. The summed E-state index contributed by atoms with van der Waals surface area (Å²) < 4.78 is 14.2. The highest BCUT2D eigenvalue weighted by Gasteiger charge is 2.62. The quantitative estimate of drug-likeness (QED) is 0.745. The summed E-state index contributed by atoms with van der Waals surface area (Å²) >= 11 is 0. The van der Waals surface area contributed by atoms with Crippen LogP contribution in [0, 0.1) is 28.6 Å². The Labute approximate surface area is 137 Å². The van der Waals surface area contributed by atoms with Gasteiger partial charge in [-0.05, 0) is 61.3 Å². The molecule has 0 spiro atoms. The van der Waals surface area contributed by atoms with Gasteiger partial charge in [0.1, 0.15) is 6.17 Å². The van der Waals surface area contributed by atoms with Gasteiger partial charge >= 0.3 is 0 Å². The molecule has 4 aliphatic rings. The Morgan fingerprint density at radius 2 is 2.00 bits per heavy atom. The molecule has 0 aromatic rings. The van der Waals surface area contributed by atoms with E-state index < -0.39 is 12.3 Å². The van der Waals surface area contributed by atoms with Crippen molar-refractivity contribution in [2.75, 3.05) is 7.05 Å². The number of fused-ring (bicyclic) bond motifs is 5. The van der Waals surface area contributed by atoms with Crippen LogP contribution in [0.15, 0.2) is 12.2 Å². The maximum atomic E-state index is 14.2. The standard InChI is InChI=1S/C19H28FNO2/c1-18-9-7-16(22)21(3)15(18)5-4-11-12(18)6-8-19(2)13(11)10-14(20)17(19)23/h7,9,11-15,17,23H,4-6,8,10H2,1-3H3/t11-,12+,13+,14-,15-,17+,18-,19+/m1/s1. The van der Waals surface area contributed by atoms with E-state index in [0.29, 0.717) is 18.3 Å². The van der Waals surface area contributed by atoms with Gasteiger partial charge in [0, 0.05) is 18.5 Å². The first kappa shape index (κ1) is 15.6. The number of aliphatic hydroxyl groups excluding tert-OH is 1. The first-order chi connectivity index (χ1) is 10.8. The van der Waals surface area contributed by atoms with E-state index in [1.54, 1.807) is 6.08 Å². The van der Waals surface area contributed by atoms with Crippen molar-refractivity contribution in [2.24, 2.45) is 28.6 Å². The third-order valence-corrected chi connectivity index (χ3v) is 8.06. The van der Waals surface area contributed by atoms with Crippen LogP contribution in [0.5, 0.6) is 0 Å². The van der Waals surface area contributed by atoms with Crippen LogP contribution in [-0.4, -0.2) is 41.3 Å². The lowest BCUT2D eigenvalue weighted by atomic mass is 9.48. The van der Waals surface area contributed by atoms with Crippen LogP contribution in [-0.2, 0) is 4.79 Å². The zero-order valence-electron chi connectivity index (χ0n) is 14.3. The lowest BCUT2D eigenvalue weighted by Crippen LogP contribution is -2.59. The van der Waals surface area contributed by atoms with Crippen molar-refractivity contribution in [3.63, 3.8) is 0 Å². The van der Waals surface area contributed by atoms with Crippen molar-refractivity contribution in [3.8, 4) is 0 Å². The summed E-state index contributed by atoms with van der Waals surface area (Å²) in [5.41, 5.74) is -0.268. The van der Waals surface area contributed by atoms with Crippen LogP contribution in [0.25, 0.3) is 0 Å². The lowest BCUT2D eigenvalue weighted by molar-refractivity contribution is -0.140. The minimum atomic E-state index is -1.07. The van der Waals surface area contributed by atoms with E-state index in [1.807, 2.05) is 11.9 Å². The molecule has 1 N–H and O–H groups in total. The van der Waals surface area contributed by atoms with E-state index in [-0.39, 0.29) is 28.7 Å². The zero-order valence-corrected chi connectivity index (χ0v) is 14.3. The highest BCUT2D eigenvalue weighted by atomic mass is 19.1. The zero-order chi connectivity index (χ0) is 16.6. The fourth-order valence-corrected chi connectivity index (χ4v) is 6.68. The summed E-state index contributed by atoms with van der Waals surface area (Å²) in [6.45, 7) is 4.38. The van der Waals surface area contributed by atoms with Crippen LogP contribution in [0.4, 0.5) is 4.39 Å². The largest absolute Gasteiger partial charge is 0.390 e. The number of halogens is 1. The second kappa shape index (κ2) is 4.81. The number of amides is 1. The third kappa shape index (κ3) is 1.87. The summed E-state index contributed by atoms with van der Waals surface area (Å²) in [6, 6.07) is 0.262. The fraction of sp³-hybridized carbons (Fsp3) is 0.842. The van der Waals surface area contributed by atoms with Crippen LogP contribution in [0.3, 0.4) is 0 Å². The molecule has 3 nitrogen and oxygen atoms in total. The molecule has 0 aromatic heterocycles. The predicted molar refractivity (Wildman–Crippen MR) is 86.4 cm³/mol. The second-order valence-electron chi connectivity index (χ2n) is 8.86. The SMILES string of the molecule is CN1C(=O)C=C[C@]2(C)[C@H]3CC[C@]4(C)[C@@H](O)[C@H](F)C[C@H]4[C@@H]3CC[C@@H]12. The molecule has 3 fully saturated rings. The van der Waals surface area contributed by atoms with Gasteiger partial charge in [0.2, 0.25) is 5.91 Å². The molecule has 3 saturated carbocycles.